The molecule has 0 fully saturated rings. The lowest BCUT2D eigenvalue weighted by Gasteiger charge is -2.04. The Kier molecular flexibility index (Phi) is 3.79. The Morgan fingerprint density at radius 1 is 1.50 bits per heavy atom. The third kappa shape index (κ3) is 2.34. The van der Waals surface area contributed by atoms with E-state index in [1.54, 1.807) is 0 Å². The fourth-order valence-electron chi connectivity index (χ4n) is 1.25. The van der Waals surface area contributed by atoms with Crippen LogP contribution in [0.1, 0.15) is 16.7 Å². The van der Waals surface area contributed by atoms with Gasteiger partial charge in [0.2, 0.25) is 0 Å². The van der Waals surface area contributed by atoms with Crippen molar-refractivity contribution in [1.29, 1.82) is 0 Å². The third-order valence-electron chi connectivity index (χ3n) is 1.88. The molecule has 1 heteroatoms. The summed E-state index contributed by atoms with van der Waals surface area (Å²) in [5, 5.41) is 0. The van der Waals surface area contributed by atoms with Crippen LogP contribution in [0.15, 0.2) is 24.8 Å². The van der Waals surface area contributed by atoms with Crippen molar-refractivity contribution in [2.45, 2.75) is 13.3 Å². The van der Waals surface area contributed by atoms with Crippen LogP contribution in [0.3, 0.4) is 0 Å². The summed E-state index contributed by atoms with van der Waals surface area (Å²) in [6.45, 7) is 5.93. The second-order valence-electron chi connectivity index (χ2n) is 2.85. The van der Waals surface area contributed by atoms with Crippen molar-refractivity contribution >= 4 is 28.7 Å². The molecule has 0 unspecified atom stereocenters. The predicted octanol–water partition coefficient (Wildman–Crippen LogP) is 3.62. The minimum absolute atomic E-state index is 1.14. The molecule has 0 amide bonds. The zero-order valence-corrected chi connectivity index (χ0v) is 9.47. The minimum atomic E-state index is 1.14. The fraction of sp³-hybridized carbons (Fsp3) is 0.273. The van der Waals surface area contributed by atoms with E-state index in [4.69, 9.17) is 0 Å². The summed E-state index contributed by atoms with van der Waals surface area (Å²) in [5.41, 5.74) is 4.03. The van der Waals surface area contributed by atoms with E-state index in [2.05, 4.69) is 54.3 Å². The summed E-state index contributed by atoms with van der Waals surface area (Å²) in [5.74, 6) is 0. The molecular weight excluding hydrogens is 259 g/mol. The maximum atomic E-state index is 3.80. The second-order valence-corrected chi connectivity index (χ2v) is 3.92. The highest BCUT2D eigenvalue weighted by Crippen LogP contribution is 2.14. The molecule has 0 heterocycles. The van der Waals surface area contributed by atoms with Gasteiger partial charge in [0.15, 0.2) is 0 Å². The standard InChI is InChI=1S/C11H13I/c1-3-10-5-4-9(2)8-11(10)6-7-12/h3-5,8H,1,6-7H2,2H3. The van der Waals surface area contributed by atoms with Crippen LogP contribution < -0.4 is 0 Å². The van der Waals surface area contributed by atoms with Gasteiger partial charge in [0, 0.05) is 4.43 Å². The molecular formula is C11H13I. The Morgan fingerprint density at radius 3 is 2.83 bits per heavy atom. The lowest BCUT2D eigenvalue weighted by Crippen LogP contribution is -1.90. The summed E-state index contributed by atoms with van der Waals surface area (Å²) in [7, 11) is 0. The first-order valence-electron chi connectivity index (χ1n) is 4.06. The number of hydrogen-bond donors (Lipinski definition) is 0. The maximum absolute atomic E-state index is 3.80. The van der Waals surface area contributed by atoms with Gasteiger partial charge in [-0.1, -0.05) is 59.0 Å². The first-order chi connectivity index (χ1) is 5.77. The number of alkyl halides is 1. The molecule has 0 spiro atoms. The Balaban J connectivity index is 3.03. The van der Waals surface area contributed by atoms with Crippen molar-refractivity contribution in [2.75, 3.05) is 4.43 Å². The smallest absolute Gasteiger partial charge is 0.00360 e. The Hall–Kier alpha value is -0.310. The molecule has 0 saturated carbocycles. The van der Waals surface area contributed by atoms with E-state index in [0.29, 0.717) is 0 Å². The average molecular weight is 272 g/mol. The van der Waals surface area contributed by atoms with Crippen LogP contribution in [0.25, 0.3) is 6.08 Å². The van der Waals surface area contributed by atoms with Gasteiger partial charge in [-0.05, 0) is 24.5 Å². The largest absolute Gasteiger partial charge is 0.0985 e. The Morgan fingerprint density at radius 2 is 2.25 bits per heavy atom. The topological polar surface area (TPSA) is 0 Å². The third-order valence-corrected chi connectivity index (χ3v) is 2.42. The van der Waals surface area contributed by atoms with Crippen molar-refractivity contribution in [3.05, 3.63) is 41.5 Å². The molecule has 64 valence electrons. The molecule has 0 atom stereocenters. The molecule has 0 bridgehead atoms. The lowest BCUT2D eigenvalue weighted by atomic mass is 10.0. The van der Waals surface area contributed by atoms with E-state index in [9.17, 15) is 0 Å². The highest BCUT2D eigenvalue weighted by molar-refractivity contribution is 14.1. The molecule has 0 saturated heterocycles. The van der Waals surface area contributed by atoms with Gasteiger partial charge in [0.25, 0.3) is 0 Å². The predicted molar refractivity (Wildman–Crippen MR) is 63.9 cm³/mol. The van der Waals surface area contributed by atoms with E-state index in [0.717, 1.165) is 6.42 Å². The van der Waals surface area contributed by atoms with Crippen LogP contribution in [-0.2, 0) is 6.42 Å². The van der Waals surface area contributed by atoms with Crippen LogP contribution in [0.4, 0.5) is 0 Å². The summed E-state index contributed by atoms with van der Waals surface area (Å²) in [6, 6.07) is 6.52. The van der Waals surface area contributed by atoms with Crippen LogP contribution in [0.5, 0.6) is 0 Å². The molecule has 1 aromatic carbocycles. The highest BCUT2D eigenvalue weighted by Gasteiger charge is 1.97. The van der Waals surface area contributed by atoms with Crippen molar-refractivity contribution in [2.24, 2.45) is 0 Å². The average Bonchev–Trinajstić information content (AvgIpc) is 2.05. The van der Waals surface area contributed by atoms with Crippen LogP contribution >= 0.6 is 22.6 Å². The number of benzene rings is 1. The first kappa shape index (κ1) is 9.78. The first-order valence-corrected chi connectivity index (χ1v) is 5.58. The van der Waals surface area contributed by atoms with Gasteiger partial charge in [0.1, 0.15) is 0 Å². The molecule has 0 nitrogen and oxygen atoms in total. The number of hydrogen-bond acceptors (Lipinski definition) is 0. The molecule has 0 aliphatic carbocycles. The molecule has 0 N–H and O–H groups in total. The zero-order chi connectivity index (χ0) is 8.97. The van der Waals surface area contributed by atoms with Crippen molar-refractivity contribution in [1.82, 2.24) is 0 Å². The summed E-state index contributed by atoms with van der Waals surface area (Å²) in [6.07, 6.45) is 3.07. The van der Waals surface area contributed by atoms with Gasteiger partial charge >= 0.3 is 0 Å². The van der Waals surface area contributed by atoms with Crippen molar-refractivity contribution in [3.8, 4) is 0 Å². The molecule has 0 aromatic heterocycles. The molecule has 0 aliphatic rings. The summed E-state index contributed by atoms with van der Waals surface area (Å²) < 4.78 is 1.17. The quantitative estimate of drug-likeness (QED) is 0.582. The van der Waals surface area contributed by atoms with Crippen molar-refractivity contribution < 1.29 is 0 Å². The lowest BCUT2D eigenvalue weighted by molar-refractivity contribution is 1.16. The fourth-order valence-corrected chi connectivity index (χ4v) is 1.83. The van der Waals surface area contributed by atoms with E-state index in [1.165, 1.54) is 21.1 Å². The molecule has 0 radical (unpaired) electrons. The van der Waals surface area contributed by atoms with E-state index >= 15 is 0 Å². The van der Waals surface area contributed by atoms with Crippen molar-refractivity contribution in [3.63, 3.8) is 0 Å². The normalized spacial score (nSPS) is 9.83. The van der Waals surface area contributed by atoms with E-state index in [1.807, 2.05) is 6.08 Å². The second kappa shape index (κ2) is 4.65. The maximum Gasteiger partial charge on any atom is 0.00360 e. The van der Waals surface area contributed by atoms with E-state index in [-0.39, 0.29) is 0 Å². The summed E-state index contributed by atoms with van der Waals surface area (Å²) in [4.78, 5) is 0. The molecule has 1 rings (SSSR count). The monoisotopic (exact) mass is 272 g/mol. The van der Waals surface area contributed by atoms with Gasteiger partial charge in [-0.15, -0.1) is 0 Å². The van der Waals surface area contributed by atoms with Gasteiger partial charge in [-0.2, -0.15) is 0 Å². The van der Waals surface area contributed by atoms with Gasteiger partial charge in [0.05, 0.1) is 0 Å². The van der Waals surface area contributed by atoms with Crippen LogP contribution in [0.2, 0.25) is 0 Å². The summed E-state index contributed by atoms with van der Waals surface area (Å²) >= 11 is 2.40. The molecule has 0 aliphatic heterocycles. The Bertz CT molecular complexity index is 276. The molecule has 12 heavy (non-hydrogen) atoms. The van der Waals surface area contributed by atoms with Gasteiger partial charge < -0.3 is 0 Å². The SMILES string of the molecule is C=Cc1ccc(C)cc1CCI. The number of rotatable bonds is 3. The van der Waals surface area contributed by atoms with Gasteiger partial charge in [-0.25, -0.2) is 0 Å². The highest BCUT2D eigenvalue weighted by atomic mass is 127. The van der Waals surface area contributed by atoms with Crippen LogP contribution in [0, 0.1) is 6.92 Å². The van der Waals surface area contributed by atoms with E-state index < -0.39 is 0 Å². The zero-order valence-electron chi connectivity index (χ0n) is 7.31. The number of halogens is 1. The van der Waals surface area contributed by atoms with Gasteiger partial charge in [-0.3, -0.25) is 0 Å². The molecule has 1 aromatic rings. The minimum Gasteiger partial charge on any atom is -0.0985 e. The Labute approximate surface area is 87.8 Å². The number of aryl methyl sites for hydroxylation is 2. The van der Waals surface area contributed by atoms with Crippen LogP contribution in [-0.4, -0.2) is 4.43 Å².